The lowest BCUT2D eigenvalue weighted by molar-refractivity contribution is 0.0999. The van der Waals surface area contributed by atoms with Gasteiger partial charge in [-0.15, -0.1) is 0 Å². The van der Waals surface area contributed by atoms with E-state index in [0.717, 1.165) is 36.2 Å². The highest BCUT2D eigenvalue weighted by Crippen LogP contribution is 2.42. The van der Waals surface area contributed by atoms with Gasteiger partial charge in [-0.1, -0.05) is 0 Å². The molecule has 3 aromatic rings. The fourth-order valence-corrected chi connectivity index (χ4v) is 4.96. The van der Waals surface area contributed by atoms with E-state index < -0.39 is 12.0 Å². The number of carbonyl (C=O) groups excluding carboxylic acids is 1. The third-order valence-corrected chi connectivity index (χ3v) is 6.41. The summed E-state index contributed by atoms with van der Waals surface area (Å²) in [4.78, 5) is 18.4. The van der Waals surface area contributed by atoms with Crippen molar-refractivity contribution in [2.24, 2.45) is 5.73 Å². The van der Waals surface area contributed by atoms with Gasteiger partial charge in [0.1, 0.15) is 6.07 Å². The quantitative estimate of drug-likeness (QED) is 0.659. The summed E-state index contributed by atoms with van der Waals surface area (Å²) in [7, 11) is 0. The van der Waals surface area contributed by atoms with Crippen LogP contribution in [0.25, 0.3) is 5.52 Å². The Hall–Kier alpha value is -3.44. The largest absolute Gasteiger partial charge is 0.393 e. The molecule has 0 aliphatic heterocycles. The van der Waals surface area contributed by atoms with Crippen LogP contribution in [-0.4, -0.2) is 43.8 Å². The molecule has 2 aliphatic carbocycles. The van der Waals surface area contributed by atoms with Crippen LogP contribution in [0.5, 0.6) is 0 Å². The summed E-state index contributed by atoms with van der Waals surface area (Å²) < 4.78 is 1.86. The number of pyridine rings is 1. The van der Waals surface area contributed by atoms with E-state index in [4.69, 9.17) is 11.0 Å². The molecule has 0 radical (unpaired) electrons. The van der Waals surface area contributed by atoms with Crippen LogP contribution >= 0.6 is 0 Å². The lowest BCUT2D eigenvalue weighted by Gasteiger charge is -2.41. The number of nitriles is 1. The van der Waals surface area contributed by atoms with Crippen molar-refractivity contribution in [3.05, 3.63) is 59.7 Å². The number of hydrogen-bond donors (Lipinski definition) is 2. The summed E-state index contributed by atoms with van der Waals surface area (Å²) in [6.07, 6.45) is 8.58. The van der Waals surface area contributed by atoms with E-state index in [0.29, 0.717) is 30.0 Å². The number of hydrogen-bond acceptors (Lipinski definition) is 6. The first-order valence-electron chi connectivity index (χ1n) is 10.6. The Morgan fingerprint density at radius 2 is 2.03 bits per heavy atom. The van der Waals surface area contributed by atoms with Crippen molar-refractivity contribution in [2.45, 2.75) is 56.2 Å². The first-order chi connectivity index (χ1) is 15.0. The third kappa shape index (κ3) is 3.62. The number of primary amides is 1. The van der Waals surface area contributed by atoms with Crippen LogP contribution in [0.2, 0.25) is 0 Å². The molecule has 0 bridgehead atoms. The Kier molecular flexibility index (Phi) is 4.83. The molecule has 8 heteroatoms. The predicted octanol–water partition coefficient (Wildman–Crippen LogP) is 2.37. The SMILES string of the molecule is N#Cc1cnn2c(C3C[C@@H](O)C[C@@H](N(c4ccncc4C(N)=O)C4CC4)C3)ccc2c1. The smallest absolute Gasteiger partial charge is 0.252 e. The van der Waals surface area contributed by atoms with Gasteiger partial charge < -0.3 is 15.7 Å². The molecule has 1 amide bonds. The van der Waals surface area contributed by atoms with E-state index in [1.54, 1.807) is 12.4 Å². The van der Waals surface area contributed by atoms with E-state index in [1.165, 1.54) is 6.20 Å². The molecule has 2 fully saturated rings. The van der Waals surface area contributed by atoms with Gasteiger partial charge in [0.25, 0.3) is 5.91 Å². The highest BCUT2D eigenvalue weighted by atomic mass is 16.3. The van der Waals surface area contributed by atoms with Crippen LogP contribution in [0.1, 0.15) is 59.6 Å². The van der Waals surface area contributed by atoms with Gasteiger partial charge in [0, 0.05) is 36.1 Å². The second-order valence-corrected chi connectivity index (χ2v) is 8.56. The summed E-state index contributed by atoms with van der Waals surface area (Å²) >= 11 is 0. The van der Waals surface area contributed by atoms with Gasteiger partial charge in [-0.2, -0.15) is 10.4 Å². The summed E-state index contributed by atoms with van der Waals surface area (Å²) in [5.41, 5.74) is 9.28. The molecule has 1 unspecified atom stereocenters. The van der Waals surface area contributed by atoms with Crippen molar-refractivity contribution in [1.29, 1.82) is 5.26 Å². The minimum absolute atomic E-state index is 0.0747. The summed E-state index contributed by atoms with van der Waals surface area (Å²) in [6.45, 7) is 0. The van der Waals surface area contributed by atoms with Gasteiger partial charge in [-0.3, -0.25) is 9.78 Å². The van der Waals surface area contributed by atoms with Crippen molar-refractivity contribution in [2.75, 3.05) is 4.90 Å². The Balaban J connectivity index is 1.49. The molecule has 0 saturated heterocycles. The molecule has 3 heterocycles. The number of carbonyl (C=O) groups is 1. The number of amides is 1. The Labute approximate surface area is 179 Å². The fourth-order valence-electron chi connectivity index (χ4n) is 4.96. The summed E-state index contributed by atoms with van der Waals surface area (Å²) in [5, 5.41) is 24.4. The number of aromatic nitrogens is 3. The molecule has 3 aromatic heterocycles. The second kappa shape index (κ2) is 7.67. The van der Waals surface area contributed by atoms with Crippen molar-refractivity contribution < 1.29 is 9.90 Å². The normalized spacial score (nSPS) is 23.4. The van der Waals surface area contributed by atoms with Crippen LogP contribution < -0.4 is 10.6 Å². The van der Waals surface area contributed by atoms with Crippen molar-refractivity contribution >= 4 is 17.1 Å². The van der Waals surface area contributed by atoms with Gasteiger partial charge in [0.2, 0.25) is 0 Å². The zero-order valence-electron chi connectivity index (χ0n) is 17.1. The van der Waals surface area contributed by atoms with E-state index in [-0.39, 0.29) is 12.0 Å². The molecule has 5 rings (SSSR count). The molecule has 0 spiro atoms. The summed E-state index contributed by atoms with van der Waals surface area (Å²) in [5.74, 6) is -0.381. The van der Waals surface area contributed by atoms with E-state index >= 15 is 0 Å². The number of nitrogens with zero attached hydrogens (tertiary/aromatic N) is 5. The van der Waals surface area contributed by atoms with E-state index in [9.17, 15) is 9.90 Å². The molecule has 8 nitrogen and oxygen atoms in total. The number of anilines is 1. The van der Waals surface area contributed by atoms with Gasteiger partial charge >= 0.3 is 0 Å². The molecule has 158 valence electrons. The van der Waals surface area contributed by atoms with Gasteiger partial charge in [-0.25, -0.2) is 4.52 Å². The molecule has 31 heavy (non-hydrogen) atoms. The molecular weight excluding hydrogens is 392 g/mol. The maximum Gasteiger partial charge on any atom is 0.252 e. The van der Waals surface area contributed by atoms with Crippen LogP contribution in [0.15, 0.2) is 42.9 Å². The molecule has 3 atom stereocenters. The number of nitrogens with two attached hydrogens (primary N) is 1. The maximum atomic E-state index is 12.0. The standard InChI is InChI=1S/C23H24N6O2/c24-11-14-7-17-3-4-21(29(17)27-12-14)15-8-18(10-19(30)9-15)28(16-1-2-16)22-5-6-26-13-20(22)23(25)31/h3-7,12-13,15-16,18-19,30H,1-2,8-10H2,(H2,25,31)/t15?,18-,19+/m0/s1. The van der Waals surface area contributed by atoms with Gasteiger partial charge in [0.15, 0.2) is 0 Å². The number of aliphatic hydroxyl groups excluding tert-OH is 1. The number of aliphatic hydroxyl groups is 1. The van der Waals surface area contributed by atoms with Gasteiger partial charge in [-0.05, 0) is 56.4 Å². The van der Waals surface area contributed by atoms with Gasteiger partial charge in [0.05, 0.1) is 34.6 Å². The van der Waals surface area contributed by atoms with Crippen LogP contribution in [0, 0.1) is 11.3 Å². The van der Waals surface area contributed by atoms with Crippen molar-refractivity contribution in [3.63, 3.8) is 0 Å². The molecule has 3 N–H and O–H groups in total. The predicted molar refractivity (Wildman–Crippen MR) is 115 cm³/mol. The highest BCUT2D eigenvalue weighted by Gasteiger charge is 2.40. The highest BCUT2D eigenvalue weighted by molar-refractivity contribution is 5.98. The minimum Gasteiger partial charge on any atom is -0.393 e. The van der Waals surface area contributed by atoms with Crippen molar-refractivity contribution in [3.8, 4) is 6.07 Å². The molecule has 2 aliphatic rings. The lowest BCUT2D eigenvalue weighted by atomic mass is 9.81. The zero-order chi connectivity index (χ0) is 21.5. The molecule has 2 saturated carbocycles. The Morgan fingerprint density at radius 3 is 2.77 bits per heavy atom. The van der Waals surface area contributed by atoms with E-state index in [1.807, 2.05) is 28.8 Å². The fraction of sp³-hybridized carbons (Fsp3) is 0.391. The Morgan fingerprint density at radius 1 is 1.19 bits per heavy atom. The first kappa shape index (κ1) is 19.5. The molecule has 0 aromatic carbocycles. The molecular formula is C23H24N6O2. The van der Waals surface area contributed by atoms with Crippen LogP contribution in [-0.2, 0) is 0 Å². The summed E-state index contributed by atoms with van der Waals surface area (Å²) in [6, 6.07) is 10.2. The first-order valence-corrected chi connectivity index (χ1v) is 10.6. The lowest BCUT2D eigenvalue weighted by Crippen LogP contribution is -2.44. The van der Waals surface area contributed by atoms with Crippen molar-refractivity contribution in [1.82, 2.24) is 14.6 Å². The monoisotopic (exact) mass is 416 g/mol. The maximum absolute atomic E-state index is 12.0. The minimum atomic E-state index is -0.489. The van der Waals surface area contributed by atoms with Crippen LogP contribution in [0.4, 0.5) is 5.69 Å². The van der Waals surface area contributed by atoms with E-state index in [2.05, 4.69) is 21.1 Å². The third-order valence-electron chi connectivity index (χ3n) is 6.41. The number of fused-ring (bicyclic) bond motifs is 1. The second-order valence-electron chi connectivity index (χ2n) is 8.56. The zero-order valence-corrected chi connectivity index (χ0v) is 17.1. The number of rotatable bonds is 5. The van der Waals surface area contributed by atoms with Crippen LogP contribution in [0.3, 0.4) is 0 Å². The Bertz CT molecular complexity index is 1180. The average Bonchev–Trinajstić information content (AvgIpc) is 3.51. The topological polar surface area (TPSA) is 121 Å². The average molecular weight is 416 g/mol.